The van der Waals surface area contributed by atoms with Crippen LogP contribution in [0.4, 0.5) is 0 Å². The molecule has 0 aromatic heterocycles. The molecule has 1 amide bonds. The minimum Gasteiger partial charge on any atom is -0.392 e. The Morgan fingerprint density at radius 2 is 2.19 bits per heavy atom. The van der Waals surface area contributed by atoms with E-state index in [2.05, 4.69) is 5.32 Å². The predicted molar refractivity (Wildman–Crippen MR) is 64.5 cm³/mol. The number of aliphatic hydroxyl groups is 1. The lowest BCUT2D eigenvalue weighted by atomic mass is 10.1. The summed E-state index contributed by atoms with van der Waals surface area (Å²) < 4.78 is 0. The first kappa shape index (κ1) is 13.0. The Morgan fingerprint density at radius 3 is 2.81 bits per heavy atom. The molecule has 1 rings (SSSR count). The normalized spacial score (nSPS) is 12.2. The molecule has 1 atom stereocenters. The summed E-state index contributed by atoms with van der Waals surface area (Å²) >= 11 is 5.96. The van der Waals surface area contributed by atoms with Gasteiger partial charge in [0, 0.05) is 18.0 Å². The average molecular weight is 242 g/mol. The minimum atomic E-state index is -0.510. The van der Waals surface area contributed by atoms with Crippen LogP contribution in [0.5, 0.6) is 0 Å². The van der Waals surface area contributed by atoms with Crippen molar-refractivity contribution >= 4 is 17.5 Å². The Morgan fingerprint density at radius 1 is 1.50 bits per heavy atom. The van der Waals surface area contributed by atoms with Gasteiger partial charge in [-0.3, -0.25) is 4.79 Å². The van der Waals surface area contributed by atoms with E-state index in [4.69, 9.17) is 16.7 Å². The third-order valence-electron chi connectivity index (χ3n) is 2.17. The smallest absolute Gasteiger partial charge is 0.220 e. The van der Waals surface area contributed by atoms with Crippen LogP contribution in [0.1, 0.15) is 18.9 Å². The van der Waals surface area contributed by atoms with Crippen molar-refractivity contribution in [2.24, 2.45) is 0 Å². The zero-order valence-corrected chi connectivity index (χ0v) is 10.00. The monoisotopic (exact) mass is 241 g/mol. The molecule has 0 saturated heterocycles. The van der Waals surface area contributed by atoms with Crippen LogP contribution < -0.4 is 5.32 Å². The molecule has 0 bridgehead atoms. The molecule has 0 fully saturated rings. The van der Waals surface area contributed by atoms with Gasteiger partial charge >= 0.3 is 0 Å². The number of hydrogen-bond donors (Lipinski definition) is 2. The van der Waals surface area contributed by atoms with E-state index in [1.54, 1.807) is 6.92 Å². The highest BCUT2D eigenvalue weighted by Crippen LogP contribution is 2.16. The van der Waals surface area contributed by atoms with E-state index < -0.39 is 6.10 Å². The molecule has 4 heteroatoms. The van der Waals surface area contributed by atoms with E-state index in [-0.39, 0.29) is 5.91 Å². The van der Waals surface area contributed by atoms with Crippen LogP contribution in [0, 0.1) is 0 Å². The SMILES string of the molecule is CC(O)CNC(=O)CCc1ccccc1Cl. The molecule has 1 aromatic rings. The van der Waals surface area contributed by atoms with Gasteiger partial charge in [0.15, 0.2) is 0 Å². The number of aliphatic hydroxyl groups excluding tert-OH is 1. The zero-order chi connectivity index (χ0) is 12.0. The Hall–Kier alpha value is -1.06. The largest absolute Gasteiger partial charge is 0.392 e. The number of carbonyl (C=O) groups excluding carboxylic acids is 1. The highest BCUT2D eigenvalue weighted by molar-refractivity contribution is 6.31. The first-order chi connectivity index (χ1) is 7.59. The Labute approximate surface area is 100 Å². The number of aryl methyl sites for hydroxylation is 1. The van der Waals surface area contributed by atoms with Crippen molar-refractivity contribution in [3.05, 3.63) is 34.9 Å². The van der Waals surface area contributed by atoms with Crippen LogP contribution in [0.2, 0.25) is 5.02 Å². The summed E-state index contributed by atoms with van der Waals surface area (Å²) in [7, 11) is 0. The summed E-state index contributed by atoms with van der Waals surface area (Å²) in [5.74, 6) is -0.0687. The molecule has 0 spiro atoms. The van der Waals surface area contributed by atoms with E-state index in [1.165, 1.54) is 0 Å². The van der Waals surface area contributed by atoms with Crippen molar-refractivity contribution in [3.63, 3.8) is 0 Å². The van der Waals surface area contributed by atoms with Crippen LogP contribution in [0.15, 0.2) is 24.3 Å². The van der Waals surface area contributed by atoms with Crippen molar-refractivity contribution in [1.82, 2.24) is 5.32 Å². The summed E-state index contributed by atoms with van der Waals surface area (Å²) in [6.45, 7) is 1.93. The third kappa shape index (κ3) is 4.64. The van der Waals surface area contributed by atoms with Crippen LogP contribution in [0.3, 0.4) is 0 Å². The van der Waals surface area contributed by atoms with Gasteiger partial charge in [-0.2, -0.15) is 0 Å². The Bertz CT molecular complexity index is 353. The van der Waals surface area contributed by atoms with E-state index in [9.17, 15) is 4.79 Å². The molecule has 3 nitrogen and oxygen atoms in total. The van der Waals surface area contributed by atoms with Crippen LogP contribution in [-0.4, -0.2) is 23.7 Å². The molecular formula is C12H16ClNO2. The summed E-state index contributed by atoms with van der Waals surface area (Å²) in [5, 5.41) is 12.3. The lowest BCUT2D eigenvalue weighted by Gasteiger charge is -2.07. The maximum atomic E-state index is 11.4. The molecule has 2 N–H and O–H groups in total. The number of nitrogens with one attached hydrogen (secondary N) is 1. The zero-order valence-electron chi connectivity index (χ0n) is 9.24. The van der Waals surface area contributed by atoms with Crippen LogP contribution in [-0.2, 0) is 11.2 Å². The highest BCUT2D eigenvalue weighted by atomic mass is 35.5. The molecule has 16 heavy (non-hydrogen) atoms. The molecule has 0 aliphatic rings. The molecule has 0 aliphatic carbocycles. The summed E-state index contributed by atoms with van der Waals surface area (Å²) in [5.41, 5.74) is 0.969. The van der Waals surface area contributed by atoms with Gasteiger partial charge in [-0.25, -0.2) is 0 Å². The molecule has 88 valence electrons. The summed E-state index contributed by atoms with van der Waals surface area (Å²) in [6.07, 6.45) is 0.492. The maximum Gasteiger partial charge on any atom is 0.220 e. The van der Waals surface area contributed by atoms with Gasteiger partial charge in [0.2, 0.25) is 5.91 Å². The van der Waals surface area contributed by atoms with Gasteiger partial charge in [-0.05, 0) is 25.0 Å². The molecule has 1 aromatic carbocycles. The van der Waals surface area contributed by atoms with E-state index in [0.29, 0.717) is 24.4 Å². The first-order valence-corrected chi connectivity index (χ1v) is 5.65. The van der Waals surface area contributed by atoms with Crippen molar-refractivity contribution in [2.45, 2.75) is 25.9 Å². The molecule has 0 saturated carbocycles. The molecule has 0 radical (unpaired) electrons. The number of hydrogen-bond acceptors (Lipinski definition) is 2. The third-order valence-corrected chi connectivity index (χ3v) is 2.54. The van der Waals surface area contributed by atoms with Crippen LogP contribution >= 0.6 is 11.6 Å². The van der Waals surface area contributed by atoms with Crippen LogP contribution in [0.25, 0.3) is 0 Å². The Balaban J connectivity index is 2.35. The van der Waals surface area contributed by atoms with E-state index in [0.717, 1.165) is 5.56 Å². The maximum absolute atomic E-state index is 11.4. The lowest BCUT2D eigenvalue weighted by molar-refractivity contribution is -0.121. The summed E-state index contributed by atoms with van der Waals surface area (Å²) in [4.78, 5) is 11.4. The number of benzene rings is 1. The standard InChI is InChI=1S/C12H16ClNO2/c1-9(15)8-14-12(16)7-6-10-4-2-3-5-11(10)13/h2-5,9,15H,6-8H2,1H3,(H,14,16). The molecule has 0 heterocycles. The van der Waals surface area contributed by atoms with Gasteiger partial charge in [-0.15, -0.1) is 0 Å². The molecule has 1 unspecified atom stereocenters. The fourth-order valence-electron chi connectivity index (χ4n) is 1.30. The van der Waals surface area contributed by atoms with Crippen molar-refractivity contribution in [2.75, 3.05) is 6.54 Å². The average Bonchev–Trinajstić information content (AvgIpc) is 2.25. The van der Waals surface area contributed by atoms with Crippen molar-refractivity contribution in [3.8, 4) is 0 Å². The lowest BCUT2D eigenvalue weighted by Crippen LogP contribution is -2.30. The molecule has 0 aliphatic heterocycles. The topological polar surface area (TPSA) is 49.3 Å². The second kappa shape index (κ2) is 6.51. The van der Waals surface area contributed by atoms with E-state index in [1.807, 2.05) is 24.3 Å². The second-order valence-corrected chi connectivity index (χ2v) is 4.15. The number of carbonyl (C=O) groups is 1. The van der Waals surface area contributed by atoms with Crippen molar-refractivity contribution in [1.29, 1.82) is 0 Å². The number of halogens is 1. The minimum absolute atomic E-state index is 0.0687. The second-order valence-electron chi connectivity index (χ2n) is 3.74. The van der Waals surface area contributed by atoms with Gasteiger partial charge in [0.05, 0.1) is 6.10 Å². The highest BCUT2D eigenvalue weighted by Gasteiger charge is 2.05. The van der Waals surface area contributed by atoms with Gasteiger partial charge in [-0.1, -0.05) is 29.8 Å². The fraction of sp³-hybridized carbons (Fsp3) is 0.417. The fourth-order valence-corrected chi connectivity index (χ4v) is 1.53. The van der Waals surface area contributed by atoms with Crippen molar-refractivity contribution < 1.29 is 9.90 Å². The number of amides is 1. The number of rotatable bonds is 5. The summed E-state index contributed by atoms with van der Waals surface area (Å²) in [6, 6.07) is 7.48. The first-order valence-electron chi connectivity index (χ1n) is 5.27. The van der Waals surface area contributed by atoms with Gasteiger partial charge in [0.25, 0.3) is 0 Å². The van der Waals surface area contributed by atoms with E-state index >= 15 is 0 Å². The molecular weight excluding hydrogens is 226 g/mol. The van der Waals surface area contributed by atoms with Gasteiger partial charge < -0.3 is 10.4 Å². The predicted octanol–water partition coefficient (Wildman–Crippen LogP) is 1.77. The van der Waals surface area contributed by atoms with Gasteiger partial charge in [0.1, 0.15) is 0 Å². The quantitative estimate of drug-likeness (QED) is 0.826. The Kier molecular flexibility index (Phi) is 5.29.